The quantitative estimate of drug-likeness (QED) is 0.689. The molecule has 0 saturated carbocycles. The third kappa shape index (κ3) is 3.85. The summed E-state index contributed by atoms with van der Waals surface area (Å²) in [6, 6.07) is 4.09. The number of unbranched alkanes of at least 4 members (excludes halogenated alkanes) is 1. The average molecular weight is 186 g/mol. The van der Waals surface area contributed by atoms with Crippen molar-refractivity contribution in [2.45, 2.75) is 19.4 Å². The highest BCUT2D eigenvalue weighted by Gasteiger charge is 1.92. The van der Waals surface area contributed by atoms with Gasteiger partial charge in [-0.1, -0.05) is 6.07 Å². The first-order valence-electron chi connectivity index (χ1n) is 4.14. The van der Waals surface area contributed by atoms with Crippen molar-refractivity contribution >= 4 is 11.3 Å². The van der Waals surface area contributed by atoms with Crippen LogP contribution in [0, 0.1) is 0 Å². The van der Waals surface area contributed by atoms with E-state index < -0.39 is 0 Å². The lowest BCUT2D eigenvalue weighted by Gasteiger charge is -2.00. The van der Waals surface area contributed by atoms with Gasteiger partial charge in [-0.15, -0.1) is 11.3 Å². The lowest BCUT2D eigenvalue weighted by Crippen LogP contribution is -1.95. The van der Waals surface area contributed by atoms with E-state index in [1.807, 2.05) is 11.4 Å². The highest BCUT2D eigenvalue weighted by atomic mass is 32.1. The first-order chi connectivity index (χ1) is 5.93. The Bertz CT molecular complexity index is 184. The van der Waals surface area contributed by atoms with E-state index in [0.717, 1.165) is 19.4 Å². The lowest BCUT2D eigenvalue weighted by atomic mass is 10.3. The number of hydrogen-bond acceptors (Lipinski definition) is 3. The number of thiophene rings is 1. The molecule has 3 heteroatoms. The normalized spacial score (nSPS) is 10.4. The molecule has 0 aliphatic heterocycles. The van der Waals surface area contributed by atoms with Crippen LogP contribution in [0.15, 0.2) is 17.5 Å². The van der Waals surface area contributed by atoms with Crippen molar-refractivity contribution in [3.63, 3.8) is 0 Å². The molecular formula is C9H14O2S. The van der Waals surface area contributed by atoms with Gasteiger partial charge < -0.3 is 9.84 Å². The molecule has 2 nitrogen and oxygen atoms in total. The van der Waals surface area contributed by atoms with Crippen LogP contribution >= 0.6 is 11.3 Å². The summed E-state index contributed by atoms with van der Waals surface area (Å²) in [6.07, 6.45) is 1.78. The maximum atomic E-state index is 8.50. The Kier molecular flexibility index (Phi) is 4.99. The second kappa shape index (κ2) is 6.17. The fraction of sp³-hybridized carbons (Fsp3) is 0.556. The maximum absolute atomic E-state index is 8.50. The first kappa shape index (κ1) is 9.71. The van der Waals surface area contributed by atoms with E-state index in [2.05, 4.69) is 6.07 Å². The molecule has 0 fully saturated rings. The van der Waals surface area contributed by atoms with Crippen molar-refractivity contribution in [3.8, 4) is 0 Å². The molecule has 1 aromatic rings. The van der Waals surface area contributed by atoms with Gasteiger partial charge in [-0.3, -0.25) is 0 Å². The van der Waals surface area contributed by atoms with E-state index >= 15 is 0 Å². The fourth-order valence-corrected chi connectivity index (χ4v) is 1.52. The van der Waals surface area contributed by atoms with E-state index in [0.29, 0.717) is 6.61 Å². The van der Waals surface area contributed by atoms with Crippen molar-refractivity contribution in [1.29, 1.82) is 0 Å². The van der Waals surface area contributed by atoms with Gasteiger partial charge in [-0.2, -0.15) is 0 Å². The van der Waals surface area contributed by atoms with E-state index in [1.54, 1.807) is 11.3 Å². The lowest BCUT2D eigenvalue weighted by molar-refractivity contribution is 0.114. The van der Waals surface area contributed by atoms with E-state index in [4.69, 9.17) is 9.84 Å². The second-order valence-electron chi connectivity index (χ2n) is 2.56. The smallest absolute Gasteiger partial charge is 0.0809 e. The highest BCUT2D eigenvalue weighted by molar-refractivity contribution is 7.09. The molecule has 12 heavy (non-hydrogen) atoms. The summed E-state index contributed by atoms with van der Waals surface area (Å²) in [5, 5.41) is 10.5. The standard InChI is InChI=1S/C9H14O2S/c10-5-1-2-6-11-8-9-4-3-7-12-9/h3-4,7,10H,1-2,5-6,8H2. The third-order valence-electron chi connectivity index (χ3n) is 1.52. The SMILES string of the molecule is OCCCCOCc1cccs1. The van der Waals surface area contributed by atoms with Gasteiger partial charge in [0, 0.05) is 18.1 Å². The highest BCUT2D eigenvalue weighted by Crippen LogP contribution is 2.09. The summed E-state index contributed by atoms with van der Waals surface area (Å²) >= 11 is 1.71. The molecule has 1 N–H and O–H groups in total. The number of rotatable bonds is 6. The van der Waals surface area contributed by atoms with Gasteiger partial charge in [-0.25, -0.2) is 0 Å². The molecular weight excluding hydrogens is 172 g/mol. The van der Waals surface area contributed by atoms with Gasteiger partial charge >= 0.3 is 0 Å². The van der Waals surface area contributed by atoms with Gasteiger partial charge in [0.25, 0.3) is 0 Å². The molecule has 0 spiro atoms. The summed E-state index contributed by atoms with van der Waals surface area (Å²) in [4.78, 5) is 1.26. The Morgan fingerprint density at radius 1 is 1.42 bits per heavy atom. The van der Waals surface area contributed by atoms with Crippen LogP contribution in [-0.2, 0) is 11.3 Å². The topological polar surface area (TPSA) is 29.5 Å². The summed E-state index contributed by atoms with van der Waals surface area (Å²) < 4.78 is 5.38. The molecule has 0 aliphatic rings. The minimum absolute atomic E-state index is 0.266. The molecule has 0 aromatic carbocycles. The van der Waals surface area contributed by atoms with Gasteiger partial charge in [-0.05, 0) is 24.3 Å². The van der Waals surface area contributed by atoms with Crippen LogP contribution in [0.2, 0.25) is 0 Å². The molecule has 68 valence electrons. The zero-order chi connectivity index (χ0) is 8.65. The van der Waals surface area contributed by atoms with Gasteiger partial charge in [0.05, 0.1) is 6.61 Å². The van der Waals surface area contributed by atoms with Gasteiger partial charge in [0.1, 0.15) is 0 Å². The van der Waals surface area contributed by atoms with Crippen molar-refractivity contribution in [1.82, 2.24) is 0 Å². The van der Waals surface area contributed by atoms with Gasteiger partial charge in [0.2, 0.25) is 0 Å². The molecule has 0 aliphatic carbocycles. The van der Waals surface area contributed by atoms with Crippen LogP contribution < -0.4 is 0 Å². The van der Waals surface area contributed by atoms with Crippen molar-refractivity contribution in [2.75, 3.05) is 13.2 Å². The Balaban J connectivity index is 1.96. The van der Waals surface area contributed by atoms with Crippen LogP contribution in [-0.4, -0.2) is 18.3 Å². The minimum atomic E-state index is 0.266. The van der Waals surface area contributed by atoms with Crippen molar-refractivity contribution in [2.24, 2.45) is 0 Å². The van der Waals surface area contributed by atoms with E-state index in [-0.39, 0.29) is 6.61 Å². The van der Waals surface area contributed by atoms with Crippen LogP contribution in [0.1, 0.15) is 17.7 Å². The molecule has 1 aromatic heterocycles. The van der Waals surface area contributed by atoms with Crippen molar-refractivity contribution in [3.05, 3.63) is 22.4 Å². The molecule has 0 amide bonds. The van der Waals surface area contributed by atoms with E-state index in [9.17, 15) is 0 Å². The fourth-order valence-electron chi connectivity index (χ4n) is 0.883. The summed E-state index contributed by atoms with van der Waals surface area (Å²) in [6.45, 7) is 1.73. The molecule has 1 rings (SSSR count). The van der Waals surface area contributed by atoms with E-state index in [1.165, 1.54) is 4.88 Å². The first-order valence-corrected chi connectivity index (χ1v) is 5.02. The minimum Gasteiger partial charge on any atom is -0.396 e. The molecule has 0 unspecified atom stereocenters. The monoisotopic (exact) mass is 186 g/mol. The Morgan fingerprint density at radius 3 is 3.00 bits per heavy atom. The van der Waals surface area contributed by atoms with Crippen LogP contribution in [0.3, 0.4) is 0 Å². The largest absolute Gasteiger partial charge is 0.396 e. The van der Waals surface area contributed by atoms with Crippen LogP contribution in [0.25, 0.3) is 0 Å². The molecule has 0 saturated heterocycles. The Morgan fingerprint density at radius 2 is 2.33 bits per heavy atom. The third-order valence-corrected chi connectivity index (χ3v) is 2.37. The average Bonchev–Trinajstić information content (AvgIpc) is 2.57. The number of aliphatic hydroxyl groups is 1. The van der Waals surface area contributed by atoms with Crippen LogP contribution in [0.4, 0.5) is 0 Å². The zero-order valence-electron chi connectivity index (χ0n) is 7.03. The summed E-state index contributed by atoms with van der Waals surface area (Å²) in [5.41, 5.74) is 0. The number of ether oxygens (including phenoxy) is 1. The Labute approximate surface area is 76.8 Å². The number of hydrogen-bond donors (Lipinski definition) is 1. The molecule has 1 heterocycles. The second-order valence-corrected chi connectivity index (χ2v) is 3.59. The molecule has 0 bridgehead atoms. The van der Waals surface area contributed by atoms with Crippen LogP contribution in [0.5, 0.6) is 0 Å². The Hall–Kier alpha value is -0.380. The predicted octanol–water partition coefficient (Wildman–Crippen LogP) is 2.04. The summed E-state index contributed by atoms with van der Waals surface area (Å²) in [7, 11) is 0. The maximum Gasteiger partial charge on any atom is 0.0809 e. The molecule has 0 atom stereocenters. The molecule has 0 radical (unpaired) electrons. The zero-order valence-corrected chi connectivity index (χ0v) is 7.85. The van der Waals surface area contributed by atoms with Gasteiger partial charge in [0.15, 0.2) is 0 Å². The summed E-state index contributed by atoms with van der Waals surface area (Å²) in [5.74, 6) is 0. The number of aliphatic hydroxyl groups excluding tert-OH is 1. The van der Waals surface area contributed by atoms with Crippen molar-refractivity contribution < 1.29 is 9.84 Å². The predicted molar refractivity (Wildman–Crippen MR) is 50.3 cm³/mol.